The molecule has 1 N–H and O–H groups in total. The number of nitrogens with zero attached hydrogens (tertiary/aromatic N) is 2. The summed E-state index contributed by atoms with van der Waals surface area (Å²) in [7, 11) is 1.62. The minimum absolute atomic E-state index is 0.650. The fraction of sp³-hybridized carbons (Fsp3) is 0.538. The summed E-state index contributed by atoms with van der Waals surface area (Å²) in [5.74, 6) is 0.650. The van der Waals surface area contributed by atoms with E-state index in [1.54, 1.807) is 7.05 Å². The molecule has 1 aromatic rings. The third-order valence-corrected chi connectivity index (χ3v) is 3.49. The van der Waals surface area contributed by atoms with E-state index in [-0.39, 0.29) is 0 Å². The molecule has 6 heteroatoms. The van der Waals surface area contributed by atoms with Crippen LogP contribution >= 0.6 is 0 Å². The second-order valence-electron chi connectivity index (χ2n) is 5.31. The van der Waals surface area contributed by atoms with Crippen LogP contribution in [-0.4, -0.2) is 27.3 Å². The van der Waals surface area contributed by atoms with E-state index in [0.29, 0.717) is 5.92 Å². The van der Waals surface area contributed by atoms with Crippen molar-refractivity contribution in [2.45, 2.75) is 26.9 Å². The molecule has 0 spiro atoms. The standard InChI is InChI=1S/C13H20N2O3S/c1-10(2)7-15-8-11-4-5-13(6-12(11)9-15)14(3)18-19(16)17/h4-6,10H,7-9H2,1-3H3,(H,16,17). The Bertz CT molecular complexity index is 479. The van der Waals surface area contributed by atoms with E-state index < -0.39 is 11.4 Å². The number of benzene rings is 1. The summed E-state index contributed by atoms with van der Waals surface area (Å²) in [6, 6.07) is 5.98. The Kier molecular flexibility index (Phi) is 4.57. The molecule has 0 radical (unpaired) electrons. The van der Waals surface area contributed by atoms with E-state index >= 15 is 0 Å². The number of fused-ring (bicyclic) bond motifs is 1. The van der Waals surface area contributed by atoms with Crippen molar-refractivity contribution in [2.75, 3.05) is 18.7 Å². The smallest absolute Gasteiger partial charge is 0.295 e. The van der Waals surface area contributed by atoms with Crippen molar-refractivity contribution < 1.29 is 13.0 Å². The topological polar surface area (TPSA) is 53.0 Å². The predicted molar refractivity (Wildman–Crippen MR) is 75.7 cm³/mol. The largest absolute Gasteiger partial charge is 0.325 e. The Hall–Kier alpha value is -0.950. The molecule has 0 aliphatic carbocycles. The Morgan fingerprint density at radius 1 is 1.42 bits per heavy atom. The van der Waals surface area contributed by atoms with Crippen LogP contribution in [0.4, 0.5) is 5.69 Å². The molecule has 19 heavy (non-hydrogen) atoms. The Morgan fingerprint density at radius 3 is 2.74 bits per heavy atom. The van der Waals surface area contributed by atoms with Crippen LogP contribution in [0, 0.1) is 5.92 Å². The van der Waals surface area contributed by atoms with Crippen molar-refractivity contribution in [3.05, 3.63) is 29.3 Å². The summed E-state index contributed by atoms with van der Waals surface area (Å²) >= 11 is -2.29. The maximum atomic E-state index is 10.6. The molecule has 0 bridgehead atoms. The van der Waals surface area contributed by atoms with Crippen LogP contribution in [0.3, 0.4) is 0 Å². The van der Waals surface area contributed by atoms with Gasteiger partial charge in [-0.2, -0.15) is 4.21 Å². The van der Waals surface area contributed by atoms with Crippen LogP contribution in [0.25, 0.3) is 0 Å². The van der Waals surface area contributed by atoms with Gasteiger partial charge < -0.3 is 0 Å². The zero-order chi connectivity index (χ0) is 14.0. The highest BCUT2D eigenvalue weighted by Crippen LogP contribution is 2.27. The lowest BCUT2D eigenvalue weighted by molar-refractivity contribution is 0.251. The summed E-state index contributed by atoms with van der Waals surface area (Å²) in [5.41, 5.74) is 3.37. The molecule has 0 saturated carbocycles. The average molecular weight is 284 g/mol. The van der Waals surface area contributed by atoms with Gasteiger partial charge in [-0.15, -0.1) is 4.28 Å². The molecule has 106 valence electrons. The van der Waals surface area contributed by atoms with Crippen molar-refractivity contribution >= 4 is 17.0 Å². The number of hydroxylamine groups is 1. The van der Waals surface area contributed by atoms with Gasteiger partial charge in [-0.1, -0.05) is 19.9 Å². The quantitative estimate of drug-likeness (QED) is 0.663. The molecule has 1 aliphatic rings. The van der Waals surface area contributed by atoms with Crippen molar-refractivity contribution in [2.24, 2.45) is 5.92 Å². The van der Waals surface area contributed by atoms with E-state index in [9.17, 15) is 4.21 Å². The van der Waals surface area contributed by atoms with Gasteiger partial charge in [0.25, 0.3) is 0 Å². The zero-order valence-corrected chi connectivity index (χ0v) is 12.3. The van der Waals surface area contributed by atoms with Gasteiger partial charge >= 0.3 is 11.4 Å². The summed E-state index contributed by atoms with van der Waals surface area (Å²) < 4.78 is 24.1. The van der Waals surface area contributed by atoms with Gasteiger partial charge in [-0.3, -0.25) is 9.45 Å². The lowest BCUT2D eigenvalue weighted by atomic mass is 10.1. The highest BCUT2D eigenvalue weighted by Gasteiger charge is 2.20. The van der Waals surface area contributed by atoms with Gasteiger partial charge in [0.2, 0.25) is 0 Å². The normalized spacial score (nSPS) is 16.7. The lowest BCUT2D eigenvalue weighted by Crippen LogP contribution is -2.21. The molecular weight excluding hydrogens is 264 g/mol. The SMILES string of the molecule is CC(C)CN1Cc2ccc(N(C)OS(=O)O)cc2C1. The van der Waals surface area contributed by atoms with Crippen molar-refractivity contribution in [3.8, 4) is 0 Å². The van der Waals surface area contributed by atoms with Crippen molar-refractivity contribution in [3.63, 3.8) is 0 Å². The van der Waals surface area contributed by atoms with E-state index in [1.807, 2.05) is 12.1 Å². The minimum atomic E-state index is -2.29. The summed E-state index contributed by atoms with van der Waals surface area (Å²) in [5, 5.41) is 1.32. The van der Waals surface area contributed by atoms with Gasteiger partial charge in [0.1, 0.15) is 0 Å². The van der Waals surface area contributed by atoms with E-state index in [0.717, 1.165) is 25.3 Å². The molecule has 0 saturated heterocycles. The summed E-state index contributed by atoms with van der Waals surface area (Å²) in [6.07, 6.45) is 0. The third-order valence-electron chi connectivity index (χ3n) is 3.14. The zero-order valence-electron chi connectivity index (χ0n) is 11.5. The maximum absolute atomic E-state index is 10.6. The van der Waals surface area contributed by atoms with E-state index in [4.69, 9.17) is 8.84 Å². The molecular formula is C13H20N2O3S. The maximum Gasteiger partial charge on any atom is 0.325 e. The Balaban J connectivity index is 2.08. The first-order valence-electron chi connectivity index (χ1n) is 6.33. The molecule has 5 nitrogen and oxygen atoms in total. The van der Waals surface area contributed by atoms with E-state index in [1.165, 1.54) is 16.2 Å². The van der Waals surface area contributed by atoms with Crippen LogP contribution in [0.15, 0.2) is 18.2 Å². The number of hydrogen-bond acceptors (Lipinski definition) is 4. The molecule has 0 fully saturated rings. The molecule has 0 amide bonds. The molecule has 1 unspecified atom stereocenters. The Labute approximate surface area is 116 Å². The van der Waals surface area contributed by atoms with Crippen LogP contribution < -0.4 is 5.06 Å². The molecule has 1 aliphatic heterocycles. The highest BCUT2D eigenvalue weighted by molar-refractivity contribution is 7.74. The van der Waals surface area contributed by atoms with Crippen molar-refractivity contribution in [1.29, 1.82) is 0 Å². The summed E-state index contributed by atoms with van der Waals surface area (Å²) in [6.45, 7) is 7.41. The molecule has 2 rings (SSSR count). The first-order valence-corrected chi connectivity index (χ1v) is 7.36. The molecule has 1 aromatic carbocycles. The van der Waals surface area contributed by atoms with Gasteiger partial charge in [0.15, 0.2) is 0 Å². The fourth-order valence-corrected chi connectivity index (χ4v) is 2.71. The fourth-order valence-electron chi connectivity index (χ4n) is 2.43. The van der Waals surface area contributed by atoms with Gasteiger partial charge in [0.05, 0.1) is 5.69 Å². The molecule has 1 atom stereocenters. The van der Waals surface area contributed by atoms with Crippen LogP contribution in [0.2, 0.25) is 0 Å². The lowest BCUT2D eigenvalue weighted by Gasteiger charge is -2.17. The first kappa shape index (κ1) is 14.5. The van der Waals surface area contributed by atoms with Crippen LogP contribution in [0.1, 0.15) is 25.0 Å². The van der Waals surface area contributed by atoms with Crippen molar-refractivity contribution in [1.82, 2.24) is 4.90 Å². The monoisotopic (exact) mass is 284 g/mol. The second-order valence-corrected chi connectivity index (χ2v) is 5.89. The summed E-state index contributed by atoms with van der Waals surface area (Å²) in [4.78, 5) is 2.41. The van der Waals surface area contributed by atoms with E-state index in [2.05, 4.69) is 24.8 Å². The minimum Gasteiger partial charge on any atom is -0.295 e. The average Bonchev–Trinajstić information content (AvgIpc) is 2.67. The highest BCUT2D eigenvalue weighted by atomic mass is 32.2. The predicted octanol–water partition coefficient (Wildman–Crippen LogP) is 2.16. The van der Waals surface area contributed by atoms with Gasteiger partial charge in [0, 0.05) is 26.7 Å². The second kappa shape index (κ2) is 6.00. The molecule has 1 heterocycles. The number of anilines is 1. The number of rotatable bonds is 5. The van der Waals surface area contributed by atoms with Gasteiger partial charge in [-0.05, 0) is 29.2 Å². The first-order chi connectivity index (χ1) is 8.95. The molecule has 0 aromatic heterocycles. The Morgan fingerprint density at radius 2 is 2.11 bits per heavy atom. The van der Waals surface area contributed by atoms with Crippen LogP contribution in [-0.2, 0) is 28.7 Å². The third kappa shape index (κ3) is 3.76. The van der Waals surface area contributed by atoms with Crippen LogP contribution in [0.5, 0.6) is 0 Å². The number of hydrogen-bond donors (Lipinski definition) is 1. The van der Waals surface area contributed by atoms with Gasteiger partial charge in [-0.25, -0.2) is 5.06 Å².